The molecule has 0 bridgehead atoms. The minimum atomic E-state index is 0.236. The van der Waals surface area contributed by atoms with Crippen molar-refractivity contribution in [3.63, 3.8) is 0 Å². The van der Waals surface area contributed by atoms with Crippen LogP contribution in [0.2, 0.25) is 0 Å². The van der Waals surface area contributed by atoms with Crippen molar-refractivity contribution in [3.8, 4) is 0 Å². The fraction of sp³-hybridized carbons (Fsp3) is 0.917. The first-order chi connectivity index (χ1) is 7.33. The van der Waals surface area contributed by atoms with Gasteiger partial charge in [0.1, 0.15) is 0 Å². The maximum absolute atomic E-state index is 11.5. The van der Waals surface area contributed by atoms with Gasteiger partial charge < -0.3 is 10.6 Å². The highest BCUT2D eigenvalue weighted by Crippen LogP contribution is 2.11. The highest BCUT2D eigenvalue weighted by Gasteiger charge is 2.17. The van der Waals surface area contributed by atoms with Gasteiger partial charge in [-0.15, -0.1) is 0 Å². The van der Waals surface area contributed by atoms with Gasteiger partial charge in [-0.2, -0.15) is 0 Å². The number of unbranched alkanes of at least 4 members (excludes halogenated alkanes) is 3. The largest absolute Gasteiger partial charge is 0.356 e. The lowest BCUT2D eigenvalue weighted by molar-refractivity contribution is -0.121. The van der Waals surface area contributed by atoms with Crippen LogP contribution < -0.4 is 10.6 Å². The van der Waals surface area contributed by atoms with Gasteiger partial charge in [-0.1, -0.05) is 26.2 Å². The molecule has 0 aromatic heterocycles. The summed E-state index contributed by atoms with van der Waals surface area (Å²) in [7, 11) is 0. The highest BCUT2D eigenvalue weighted by atomic mass is 16.1. The van der Waals surface area contributed by atoms with Crippen LogP contribution >= 0.6 is 0 Å². The number of hydrogen-bond acceptors (Lipinski definition) is 2. The van der Waals surface area contributed by atoms with Gasteiger partial charge in [0.2, 0.25) is 5.91 Å². The molecule has 1 aliphatic rings. The van der Waals surface area contributed by atoms with E-state index < -0.39 is 0 Å². The number of amides is 1. The molecule has 1 fully saturated rings. The Labute approximate surface area is 93.0 Å². The minimum absolute atomic E-state index is 0.236. The lowest BCUT2D eigenvalue weighted by Gasteiger charge is -2.08. The average molecular weight is 212 g/mol. The van der Waals surface area contributed by atoms with Gasteiger partial charge in [-0.25, -0.2) is 0 Å². The van der Waals surface area contributed by atoms with Gasteiger partial charge in [-0.3, -0.25) is 4.79 Å². The van der Waals surface area contributed by atoms with Gasteiger partial charge in [0.25, 0.3) is 0 Å². The second-order valence-corrected chi connectivity index (χ2v) is 4.47. The van der Waals surface area contributed by atoms with Crippen LogP contribution in [-0.4, -0.2) is 25.5 Å². The Balaban J connectivity index is 1.93. The zero-order valence-electron chi connectivity index (χ0n) is 9.85. The van der Waals surface area contributed by atoms with Crippen LogP contribution in [0, 0.1) is 5.92 Å². The van der Waals surface area contributed by atoms with Crippen LogP contribution in [0.5, 0.6) is 0 Å². The van der Waals surface area contributed by atoms with Crippen LogP contribution in [0.25, 0.3) is 0 Å². The summed E-state index contributed by atoms with van der Waals surface area (Å²) in [5.41, 5.74) is 0. The molecule has 0 radical (unpaired) electrons. The second kappa shape index (κ2) is 7.69. The first-order valence-corrected chi connectivity index (χ1v) is 6.30. The quantitative estimate of drug-likeness (QED) is 0.630. The first-order valence-electron chi connectivity index (χ1n) is 6.30. The first kappa shape index (κ1) is 12.5. The van der Waals surface area contributed by atoms with E-state index in [1.54, 1.807) is 0 Å². The van der Waals surface area contributed by atoms with E-state index >= 15 is 0 Å². The smallest absolute Gasteiger partial charge is 0.220 e. The summed E-state index contributed by atoms with van der Waals surface area (Å²) in [5, 5.41) is 6.28. The highest BCUT2D eigenvalue weighted by molar-refractivity contribution is 5.76. The fourth-order valence-electron chi connectivity index (χ4n) is 2.00. The molecule has 88 valence electrons. The molecule has 0 saturated carbocycles. The number of carbonyl (C=O) groups is 1. The van der Waals surface area contributed by atoms with Gasteiger partial charge in [-0.05, 0) is 31.8 Å². The molecule has 0 aliphatic carbocycles. The Hall–Kier alpha value is -0.570. The summed E-state index contributed by atoms with van der Waals surface area (Å²) >= 11 is 0. The standard InChI is InChI=1S/C12H24N2O/c1-2-3-4-5-7-14-12(15)9-11-6-8-13-10-11/h11,13H,2-10H2,1H3,(H,14,15). The maximum atomic E-state index is 11.5. The Morgan fingerprint density at radius 1 is 1.40 bits per heavy atom. The van der Waals surface area contributed by atoms with Crippen molar-refractivity contribution in [1.82, 2.24) is 10.6 Å². The van der Waals surface area contributed by atoms with Gasteiger partial charge in [0, 0.05) is 13.0 Å². The van der Waals surface area contributed by atoms with Crippen LogP contribution in [0.4, 0.5) is 0 Å². The lowest BCUT2D eigenvalue weighted by atomic mass is 10.0. The molecule has 3 heteroatoms. The molecule has 1 saturated heterocycles. The summed E-state index contributed by atoms with van der Waals surface area (Å²) in [4.78, 5) is 11.5. The summed E-state index contributed by atoms with van der Waals surface area (Å²) < 4.78 is 0. The molecule has 0 spiro atoms. The summed E-state index contributed by atoms with van der Waals surface area (Å²) in [5.74, 6) is 0.806. The second-order valence-electron chi connectivity index (χ2n) is 4.47. The number of rotatable bonds is 7. The predicted octanol–water partition coefficient (Wildman–Crippen LogP) is 1.68. The van der Waals surface area contributed by atoms with Crippen LogP contribution in [0.15, 0.2) is 0 Å². The molecule has 1 rings (SSSR count). The van der Waals surface area contributed by atoms with Crippen LogP contribution in [0.3, 0.4) is 0 Å². The van der Waals surface area contributed by atoms with E-state index in [9.17, 15) is 4.79 Å². The molecule has 3 nitrogen and oxygen atoms in total. The van der Waals surface area contributed by atoms with Crippen molar-refractivity contribution in [1.29, 1.82) is 0 Å². The van der Waals surface area contributed by atoms with E-state index in [1.807, 2.05) is 0 Å². The zero-order valence-corrected chi connectivity index (χ0v) is 9.85. The molecule has 0 aromatic rings. The topological polar surface area (TPSA) is 41.1 Å². The third kappa shape index (κ3) is 5.78. The third-order valence-corrected chi connectivity index (χ3v) is 2.99. The molecule has 1 unspecified atom stereocenters. The van der Waals surface area contributed by atoms with Crippen molar-refractivity contribution >= 4 is 5.91 Å². The average Bonchev–Trinajstić information content (AvgIpc) is 2.70. The summed E-state index contributed by atoms with van der Waals surface area (Å²) in [6.07, 6.45) is 6.76. The van der Waals surface area contributed by atoms with Crippen LogP contribution in [0.1, 0.15) is 45.4 Å². The Kier molecular flexibility index (Phi) is 6.41. The molecule has 1 heterocycles. The molecule has 1 amide bonds. The van der Waals surface area contributed by atoms with Crippen molar-refractivity contribution in [3.05, 3.63) is 0 Å². The number of hydrogen-bond donors (Lipinski definition) is 2. The van der Waals surface area contributed by atoms with E-state index in [4.69, 9.17) is 0 Å². The predicted molar refractivity (Wildman–Crippen MR) is 62.7 cm³/mol. The minimum Gasteiger partial charge on any atom is -0.356 e. The van der Waals surface area contributed by atoms with Crippen molar-refractivity contribution in [2.24, 2.45) is 5.92 Å². The summed E-state index contributed by atoms with van der Waals surface area (Å²) in [6.45, 7) is 5.16. The Morgan fingerprint density at radius 3 is 2.93 bits per heavy atom. The maximum Gasteiger partial charge on any atom is 0.220 e. The Morgan fingerprint density at radius 2 is 2.27 bits per heavy atom. The molecule has 0 aromatic carbocycles. The van der Waals surface area contributed by atoms with Gasteiger partial charge in [0.05, 0.1) is 0 Å². The van der Waals surface area contributed by atoms with E-state index in [0.717, 1.165) is 32.5 Å². The summed E-state index contributed by atoms with van der Waals surface area (Å²) in [6, 6.07) is 0. The molecular weight excluding hydrogens is 188 g/mol. The van der Waals surface area contributed by atoms with Crippen molar-refractivity contribution in [2.75, 3.05) is 19.6 Å². The third-order valence-electron chi connectivity index (χ3n) is 2.99. The lowest BCUT2D eigenvalue weighted by Crippen LogP contribution is -2.27. The SMILES string of the molecule is CCCCCCNC(=O)CC1CCNC1. The Bertz CT molecular complexity index is 176. The molecule has 15 heavy (non-hydrogen) atoms. The fourth-order valence-corrected chi connectivity index (χ4v) is 2.00. The van der Waals surface area contributed by atoms with Gasteiger partial charge >= 0.3 is 0 Å². The van der Waals surface area contributed by atoms with E-state index in [0.29, 0.717) is 12.3 Å². The van der Waals surface area contributed by atoms with Gasteiger partial charge in [0.15, 0.2) is 0 Å². The van der Waals surface area contributed by atoms with Crippen LogP contribution in [-0.2, 0) is 4.79 Å². The van der Waals surface area contributed by atoms with E-state index in [2.05, 4.69) is 17.6 Å². The molecular formula is C12H24N2O. The molecule has 1 atom stereocenters. The number of carbonyl (C=O) groups excluding carboxylic acids is 1. The molecule has 2 N–H and O–H groups in total. The van der Waals surface area contributed by atoms with Crippen molar-refractivity contribution in [2.45, 2.75) is 45.4 Å². The monoisotopic (exact) mass is 212 g/mol. The van der Waals surface area contributed by atoms with E-state index in [-0.39, 0.29) is 5.91 Å². The van der Waals surface area contributed by atoms with E-state index in [1.165, 1.54) is 19.3 Å². The normalized spacial score (nSPS) is 20.5. The zero-order chi connectivity index (χ0) is 10.9. The molecule has 1 aliphatic heterocycles. The van der Waals surface area contributed by atoms with Crippen molar-refractivity contribution < 1.29 is 4.79 Å². The number of nitrogens with one attached hydrogen (secondary N) is 2.